The van der Waals surface area contributed by atoms with Crippen LogP contribution in [0.5, 0.6) is 0 Å². The van der Waals surface area contributed by atoms with E-state index in [9.17, 15) is 14.4 Å². The molecule has 9 heteroatoms. The Morgan fingerprint density at radius 2 is 1.84 bits per heavy atom. The number of hydrogen-bond donors (Lipinski definition) is 2. The normalized spacial score (nSPS) is 19.4. The van der Waals surface area contributed by atoms with Gasteiger partial charge in [-0.1, -0.05) is 48.0 Å². The number of likely N-dealkylation sites (tertiary alicyclic amines) is 1. The summed E-state index contributed by atoms with van der Waals surface area (Å²) in [5.74, 6) is 0.513. The number of ketones is 1. The number of ether oxygens (including phenoxy) is 1. The average Bonchev–Trinajstić information content (AvgIpc) is 3.22. The van der Waals surface area contributed by atoms with Gasteiger partial charge in [0.25, 0.3) is 0 Å². The number of imidazole rings is 1. The van der Waals surface area contributed by atoms with Gasteiger partial charge in [0.2, 0.25) is 5.91 Å². The lowest BCUT2D eigenvalue weighted by atomic mass is 10.0. The molecule has 2 N–H and O–H groups in total. The summed E-state index contributed by atoms with van der Waals surface area (Å²) in [5.41, 5.74) is 5.04. The van der Waals surface area contributed by atoms with Crippen molar-refractivity contribution in [3.63, 3.8) is 0 Å². The lowest BCUT2D eigenvalue weighted by Gasteiger charge is -2.30. The molecule has 2 amide bonds. The van der Waals surface area contributed by atoms with Crippen LogP contribution in [0.4, 0.5) is 4.79 Å². The first-order valence-electron chi connectivity index (χ1n) is 12.9. The van der Waals surface area contributed by atoms with Crippen LogP contribution in [0.15, 0.2) is 47.1 Å². The number of hydrogen-bond acceptors (Lipinski definition) is 5. The Hall–Kier alpha value is -3.46. The van der Waals surface area contributed by atoms with E-state index in [1.165, 1.54) is 7.11 Å². The smallest absolute Gasteiger partial charge is 0.407 e. The molecule has 2 fully saturated rings. The number of methoxy groups -OCH3 is 1. The molecule has 1 saturated carbocycles. The highest BCUT2D eigenvalue weighted by Crippen LogP contribution is 2.58. The van der Waals surface area contributed by atoms with E-state index in [0.29, 0.717) is 17.7 Å². The fourth-order valence-corrected chi connectivity index (χ4v) is 6.18. The number of H-pyrrole nitrogens is 1. The first-order valence-corrected chi connectivity index (χ1v) is 13.7. The summed E-state index contributed by atoms with van der Waals surface area (Å²) in [6, 6.07) is 10.8. The number of benzene rings is 2. The van der Waals surface area contributed by atoms with Crippen LogP contribution in [0.3, 0.4) is 0 Å². The van der Waals surface area contributed by atoms with Gasteiger partial charge in [-0.2, -0.15) is 0 Å². The van der Waals surface area contributed by atoms with Crippen molar-refractivity contribution < 1.29 is 19.1 Å². The highest BCUT2D eigenvalue weighted by molar-refractivity contribution is 9.10. The van der Waals surface area contributed by atoms with Gasteiger partial charge in [-0.25, -0.2) is 9.78 Å². The summed E-state index contributed by atoms with van der Waals surface area (Å²) in [6.45, 7) is 4.47. The molecule has 38 heavy (non-hydrogen) atoms. The lowest BCUT2D eigenvalue weighted by molar-refractivity contribution is -0.135. The molecule has 3 aromatic rings. The summed E-state index contributed by atoms with van der Waals surface area (Å²) in [4.78, 5) is 48.8. The molecule has 1 spiro atoms. The first-order chi connectivity index (χ1) is 18.2. The van der Waals surface area contributed by atoms with Crippen molar-refractivity contribution in [1.29, 1.82) is 0 Å². The fraction of sp³-hybridized carbons (Fsp3) is 0.379. The van der Waals surface area contributed by atoms with E-state index in [4.69, 9.17) is 9.72 Å². The third-order valence-electron chi connectivity index (χ3n) is 8.14. The number of carbonyl (C=O) groups is 3. The maximum absolute atomic E-state index is 13.7. The number of halogens is 1. The molecular formula is C29H29BrN4O4. The number of rotatable bonds is 5. The minimum atomic E-state index is -0.683. The number of aromatic amines is 1. The molecule has 1 aromatic heterocycles. The van der Waals surface area contributed by atoms with Gasteiger partial charge in [0.1, 0.15) is 11.9 Å². The van der Waals surface area contributed by atoms with E-state index < -0.39 is 12.1 Å². The standard InChI is InChI=1S/C29H29BrN4O4/c1-15(2)24(33-28(37)38-3)27(36)34-14-29(8-9-29)12-23(34)26-31-13-22(32-26)16-4-6-18-19-7-5-17(30)11-21(19)25(35)20(18)10-16/h4-7,10-11,13,15,23-24H,8-9,12,14H2,1-3H3,(H,31,32)(H,33,37)/t23-,24-/m0/s1. The van der Waals surface area contributed by atoms with Crippen LogP contribution in [0.2, 0.25) is 0 Å². The Bertz CT molecular complexity index is 1470. The maximum Gasteiger partial charge on any atom is 0.407 e. The van der Waals surface area contributed by atoms with Crippen molar-refractivity contribution in [1.82, 2.24) is 20.2 Å². The molecular weight excluding hydrogens is 548 g/mol. The van der Waals surface area contributed by atoms with E-state index in [1.807, 2.05) is 55.1 Å². The molecule has 2 aliphatic carbocycles. The number of amides is 2. The predicted molar refractivity (Wildman–Crippen MR) is 145 cm³/mol. The minimum Gasteiger partial charge on any atom is -0.453 e. The summed E-state index contributed by atoms with van der Waals surface area (Å²) >= 11 is 3.46. The maximum atomic E-state index is 13.7. The summed E-state index contributed by atoms with van der Waals surface area (Å²) in [5, 5.41) is 2.71. The van der Waals surface area contributed by atoms with Crippen molar-refractivity contribution in [3.05, 3.63) is 64.0 Å². The van der Waals surface area contributed by atoms with Crippen LogP contribution in [0, 0.1) is 11.3 Å². The van der Waals surface area contributed by atoms with Crippen LogP contribution in [0.25, 0.3) is 22.4 Å². The Labute approximate surface area is 229 Å². The third-order valence-corrected chi connectivity index (χ3v) is 8.64. The van der Waals surface area contributed by atoms with Crippen LogP contribution in [-0.4, -0.2) is 52.3 Å². The number of alkyl carbamates (subject to hydrolysis) is 1. The molecule has 1 aliphatic heterocycles. The summed E-state index contributed by atoms with van der Waals surface area (Å²) < 4.78 is 5.64. The van der Waals surface area contributed by atoms with Crippen LogP contribution in [0.1, 0.15) is 60.9 Å². The molecule has 3 aliphatic rings. The van der Waals surface area contributed by atoms with Crippen molar-refractivity contribution in [3.8, 4) is 22.4 Å². The first kappa shape index (κ1) is 24.9. The molecule has 2 atom stereocenters. The van der Waals surface area contributed by atoms with Gasteiger partial charge in [-0.15, -0.1) is 0 Å². The molecule has 8 nitrogen and oxygen atoms in total. The third kappa shape index (κ3) is 4.13. The van der Waals surface area contributed by atoms with Gasteiger partial charge in [0, 0.05) is 27.7 Å². The second-order valence-corrected chi connectivity index (χ2v) is 11.9. The van der Waals surface area contributed by atoms with Gasteiger partial charge in [-0.3, -0.25) is 9.59 Å². The van der Waals surface area contributed by atoms with Gasteiger partial charge in [0.15, 0.2) is 5.78 Å². The second-order valence-electron chi connectivity index (χ2n) is 11.0. The molecule has 1 saturated heterocycles. The average molecular weight is 577 g/mol. The summed E-state index contributed by atoms with van der Waals surface area (Å²) in [7, 11) is 1.30. The van der Waals surface area contributed by atoms with E-state index >= 15 is 0 Å². The fourth-order valence-electron chi connectivity index (χ4n) is 5.82. The van der Waals surface area contributed by atoms with Gasteiger partial charge in [0.05, 0.1) is 25.0 Å². The molecule has 0 radical (unpaired) electrons. The van der Waals surface area contributed by atoms with Gasteiger partial charge < -0.3 is 19.9 Å². The number of nitrogens with zero attached hydrogens (tertiary/aromatic N) is 2. The molecule has 196 valence electrons. The van der Waals surface area contributed by atoms with E-state index in [2.05, 4.69) is 26.2 Å². The van der Waals surface area contributed by atoms with Gasteiger partial charge in [-0.05, 0) is 59.9 Å². The quantitative estimate of drug-likeness (QED) is 0.327. The van der Waals surface area contributed by atoms with Crippen LogP contribution >= 0.6 is 15.9 Å². The molecule has 6 rings (SSSR count). The Kier molecular flexibility index (Phi) is 5.94. The Morgan fingerprint density at radius 1 is 1.13 bits per heavy atom. The van der Waals surface area contributed by atoms with Gasteiger partial charge >= 0.3 is 6.09 Å². The molecule has 2 heterocycles. The highest BCUT2D eigenvalue weighted by Gasteiger charge is 2.55. The molecule has 2 aromatic carbocycles. The SMILES string of the molecule is COC(=O)N[C@H](C(=O)N1CC2(CC2)C[C@H]1c1ncc(-c2ccc3c(c2)C(=O)c2cc(Br)ccc2-3)[nH]1)C(C)C. The van der Waals surface area contributed by atoms with Crippen molar-refractivity contribution in [2.45, 2.75) is 45.2 Å². The van der Waals surface area contributed by atoms with Crippen LogP contribution in [-0.2, 0) is 9.53 Å². The molecule has 0 unspecified atom stereocenters. The topological polar surface area (TPSA) is 104 Å². The van der Waals surface area contributed by atoms with Crippen molar-refractivity contribution >= 4 is 33.7 Å². The molecule has 0 bridgehead atoms. The zero-order valence-corrected chi connectivity index (χ0v) is 23.1. The van der Waals surface area contributed by atoms with E-state index in [1.54, 1.807) is 6.20 Å². The van der Waals surface area contributed by atoms with E-state index in [0.717, 1.165) is 51.9 Å². The Balaban J connectivity index is 1.29. The monoisotopic (exact) mass is 576 g/mol. The highest BCUT2D eigenvalue weighted by atomic mass is 79.9. The zero-order valence-electron chi connectivity index (χ0n) is 21.5. The number of fused-ring (bicyclic) bond motifs is 3. The number of carbonyl (C=O) groups excluding carboxylic acids is 3. The number of aromatic nitrogens is 2. The second kappa shape index (κ2) is 9.08. The van der Waals surface area contributed by atoms with Crippen molar-refractivity contribution in [2.75, 3.05) is 13.7 Å². The number of nitrogens with one attached hydrogen (secondary N) is 2. The Morgan fingerprint density at radius 3 is 2.53 bits per heavy atom. The lowest BCUT2D eigenvalue weighted by Crippen LogP contribution is -2.51. The largest absolute Gasteiger partial charge is 0.453 e. The zero-order chi connectivity index (χ0) is 26.8. The minimum absolute atomic E-state index is 0.0129. The van der Waals surface area contributed by atoms with E-state index in [-0.39, 0.29) is 29.1 Å². The predicted octanol–water partition coefficient (Wildman–Crippen LogP) is 5.48. The van der Waals surface area contributed by atoms with Crippen LogP contribution < -0.4 is 5.32 Å². The van der Waals surface area contributed by atoms with Crippen molar-refractivity contribution in [2.24, 2.45) is 11.3 Å². The summed E-state index contributed by atoms with van der Waals surface area (Å²) in [6.07, 6.45) is 4.16.